The number of nitriles is 1. The number of hydrogen-bond donors (Lipinski definition) is 2. The van der Waals surface area contributed by atoms with Gasteiger partial charge in [0, 0.05) is 38.3 Å². The lowest BCUT2D eigenvalue weighted by atomic mass is 9.98. The first-order chi connectivity index (χ1) is 15.1. The number of anilines is 1. The molecule has 1 aliphatic carbocycles. The highest BCUT2D eigenvalue weighted by molar-refractivity contribution is 6.35. The number of fused-ring (bicyclic) bond motifs is 1. The molecule has 1 aliphatic heterocycles. The number of aliphatic hydroxyl groups excluding tert-OH is 1. The van der Waals surface area contributed by atoms with Crippen molar-refractivity contribution in [3.8, 4) is 17.3 Å². The van der Waals surface area contributed by atoms with E-state index < -0.39 is 11.8 Å². The number of hydrogen-bond acceptors (Lipinski definition) is 6. The van der Waals surface area contributed by atoms with Crippen LogP contribution in [0.2, 0.25) is 0 Å². The lowest BCUT2D eigenvalue weighted by Crippen LogP contribution is -2.53. The molecule has 0 saturated carbocycles. The van der Waals surface area contributed by atoms with Crippen LogP contribution in [-0.4, -0.2) is 66.1 Å². The smallest absolute Gasteiger partial charge is 0.312 e. The minimum Gasteiger partial charge on any atom is -0.395 e. The summed E-state index contributed by atoms with van der Waals surface area (Å²) in [6.45, 7) is 1.57. The van der Waals surface area contributed by atoms with E-state index in [0.717, 1.165) is 36.1 Å². The van der Waals surface area contributed by atoms with E-state index in [-0.39, 0.29) is 13.2 Å². The third kappa shape index (κ3) is 4.09. The number of carbonyl (C=O) groups excluding carboxylic acids is 2. The van der Waals surface area contributed by atoms with Crippen LogP contribution >= 0.6 is 0 Å². The molecule has 1 aromatic heterocycles. The Morgan fingerprint density at radius 3 is 2.48 bits per heavy atom. The Morgan fingerprint density at radius 2 is 1.81 bits per heavy atom. The normalized spacial score (nSPS) is 15.4. The number of rotatable bonds is 4. The molecule has 2 amide bonds. The fraction of sp³-hybridized carbons (Fsp3) is 0.391. The van der Waals surface area contributed by atoms with Crippen molar-refractivity contribution < 1.29 is 14.7 Å². The van der Waals surface area contributed by atoms with Gasteiger partial charge in [0.1, 0.15) is 11.9 Å². The van der Waals surface area contributed by atoms with Crippen LogP contribution in [0.4, 0.5) is 5.82 Å². The number of nitrogens with one attached hydrogen (secondary N) is 1. The molecule has 1 saturated heterocycles. The predicted molar refractivity (Wildman–Crippen MR) is 115 cm³/mol. The summed E-state index contributed by atoms with van der Waals surface area (Å²) in [5.41, 5.74) is 4.87. The molecule has 160 valence electrons. The highest BCUT2D eigenvalue weighted by Crippen LogP contribution is 2.37. The van der Waals surface area contributed by atoms with Gasteiger partial charge in [0.05, 0.1) is 17.9 Å². The Labute approximate surface area is 181 Å². The highest BCUT2D eigenvalue weighted by atomic mass is 16.3. The van der Waals surface area contributed by atoms with Crippen LogP contribution in [0, 0.1) is 11.3 Å². The van der Waals surface area contributed by atoms with Crippen LogP contribution < -0.4 is 10.2 Å². The van der Waals surface area contributed by atoms with E-state index in [4.69, 9.17) is 10.1 Å². The number of piperazine rings is 1. The second-order valence-corrected chi connectivity index (χ2v) is 7.71. The van der Waals surface area contributed by atoms with Gasteiger partial charge in [-0.25, -0.2) is 4.98 Å². The molecule has 0 radical (unpaired) electrons. The van der Waals surface area contributed by atoms with Gasteiger partial charge in [-0.05, 0) is 30.4 Å². The molecule has 8 nitrogen and oxygen atoms in total. The van der Waals surface area contributed by atoms with E-state index in [1.807, 2.05) is 35.2 Å². The van der Waals surface area contributed by atoms with Crippen molar-refractivity contribution >= 4 is 17.6 Å². The zero-order valence-electron chi connectivity index (χ0n) is 17.3. The number of pyridine rings is 1. The Kier molecular flexibility index (Phi) is 6.14. The summed E-state index contributed by atoms with van der Waals surface area (Å²) >= 11 is 0. The maximum absolute atomic E-state index is 12.3. The van der Waals surface area contributed by atoms with Crippen molar-refractivity contribution in [3.63, 3.8) is 0 Å². The summed E-state index contributed by atoms with van der Waals surface area (Å²) < 4.78 is 0. The third-order valence-electron chi connectivity index (χ3n) is 5.86. The van der Waals surface area contributed by atoms with Crippen LogP contribution in [0.25, 0.3) is 11.3 Å². The van der Waals surface area contributed by atoms with Crippen molar-refractivity contribution in [2.75, 3.05) is 44.2 Å². The quantitative estimate of drug-likeness (QED) is 0.712. The molecular weight excluding hydrogens is 394 g/mol. The number of aliphatic hydroxyl groups is 1. The highest BCUT2D eigenvalue weighted by Gasteiger charge is 2.30. The van der Waals surface area contributed by atoms with Crippen molar-refractivity contribution in [3.05, 3.63) is 47.0 Å². The Bertz CT molecular complexity index is 1020. The molecule has 1 fully saturated rings. The van der Waals surface area contributed by atoms with Gasteiger partial charge >= 0.3 is 11.8 Å². The Balaban J connectivity index is 1.59. The molecule has 0 spiro atoms. The number of benzene rings is 1. The number of aromatic nitrogens is 1. The minimum atomic E-state index is -0.706. The maximum atomic E-state index is 12.3. The molecule has 0 atom stereocenters. The van der Waals surface area contributed by atoms with Crippen LogP contribution in [0.3, 0.4) is 0 Å². The molecule has 4 rings (SSSR count). The summed E-state index contributed by atoms with van der Waals surface area (Å²) in [7, 11) is 0. The van der Waals surface area contributed by atoms with Gasteiger partial charge in [-0.3, -0.25) is 9.59 Å². The second-order valence-electron chi connectivity index (χ2n) is 7.71. The molecule has 2 aliphatic rings. The molecule has 2 heterocycles. The number of amides is 2. The SMILES string of the molecule is N#Cc1c(N2CCN(C(=O)C(=O)NCCO)CC2)nc(-c2ccccc2)c2c1CCC2. The van der Waals surface area contributed by atoms with Crippen molar-refractivity contribution in [2.45, 2.75) is 19.3 Å². The average Bonchev–Trinajstić information content (AvgIpc) is 3.31. The molecule has 0 unspecified atom stereocenters. The first-order valence-corrected chi connectivity index (χ1v) is 10.6. The van der Waals surface area contributed by atoms with Crippen molar-refractivity contribution in [1.29, 1.82) is 5.26 Å². The lowest BCUT2D eigenvalue weighted by molar-refractivity contribution is -0.146. The molecule has 1 aromatic carbocycles. The molecule has 2 aromatic rings. The van der Waals surface area contributed by atoms with Gasteiger partial charge in [-0.2, -0.15) is 5.26 Å². The van der Waals surface area contributed by atoms with Gasteiger partial charge in [0.15, 0.2) is 0 Å². The summed E-state index contributed by atoms with van der Waals surface area (Å²) in [6.07, 6.45) is 2.81. The standard InChI is InChI=1S/C23H25N5O3/c24-15-19-17-7-4-8-18(17)20(16-5-2-1-3-6-16)26-21(19)27-10-12-28(13-11-27)23(31)22(30)25-9-14-29/h1-3,5-6,29H,4,7-14H2,(H,25,30). The largest absolute Gasteiger partial charge is 0.395 e. The van der Waals surface area contributed by atoms with Gasteiger partial charge in [0.2, 0.25) is 0 Å². The molecular formula is C23H25N5O3. The molecule has 2 N–H and O–H groups in total. The molecule has 31 heavy (non-hydrogen) atoms. The summed E-state index contributed by atoms with van der Waals surface area (Å²) in [4.78, 5) is 32.7. The lowest BCUT2D eigenvalue weighted by Gasteiger charge is -2.36. The van der Waals surface area contributed by atoms with Crippen LogP contribution in [-0.2, 0) is 22.4 Å². The fourth-order valence-corrected chi connectivity index (χ4v) is 4.34. The molecule has 0 bridgehead atoms. The first-order valence-electron chi connectivity index (χ1n) is 10.6. The van der Waals surface area contributed by atoms with Crippen molar-refractivity contribution in [1.82, 2.24) is 15.2 Å². The Hall–Kier alpha value is -3.44. The van der Waals surface area contributed by atoms with E-state index in [1.165, 1.54) is 10.5 Å². The van der Waals surface area contributed by atoms with E-state index in [9.17, 15) is 14.9 Å². The van der Waals surface area contributed by atoms with E-state index in [0.29, 0.717) is 37.6 Å². The third-order valence-corrected chi connectivity index (χ3v) is 5.86. The minimum absolute atomic E-state index is 0.0530. The topological polar surface area (TPSA) is 110 Å². The summed E-state index contributed by atoms with van der Waals surface area (Å²) in [5.74, 6) is -0.637. The van der Waals surface area contributed by atoms with Gasteiger partial charge in [-0.1, -0.05) is 30.3 Å². The van der Waals surface area contributed by atoms with Crippen LogP contribution in [0.15, 0.2) is 30.3 Å². The maximum Gasteiger partial charge on any atom is 0.312 e. The van der Waals surface area contributed by atoms with Gasteiger partial charge in [0.25, 0.3) is 0 Å². The van der Waals surface area contributed by atoms with Gasteiger partial charge < -0.3 is 20.2 Å². The van der Waals surface area contributed by atoms with E-state index in [2.05, 4.69) is 11.4 Å². The second kappa shape index (κ2) is 9.14. The summed E-state index contributed by atoms with van der Waals surface area (Å²) in [6, 6.07) is 12.4. The van der Waals surface area contributed by atoms with E-state index >= 15 is 0 Å². The predicted octanol–water partition coefficient (Wildman–Crippen LogP) is 0.866. The number of nitrogens with zero attached hydrogens (tertiary/aromatic N) is 4. The first kappa shape index (κ1) is 20.8. The number of carbonyl (C=O) groups is 2. The van der Waals surface area contributed by atoms with Crippen LogP contribution in [0.5, 0.6) is 0 Å². The van der Waals surface area contributed by atoms with Crippen molar-refractivity contribution in [2.24, 2.45) is 0 Å². The van der Waals surface area contributed by atoms with Crippen LogP contribution in [0.1, 0.15) is 23.1 Å². The Morgan fingerprint density at radius 1 is 1.10 bits per heavy atom. The van der Waals surface area contributed by atoms with E-state index in [1.54, 1.807) is 0 Å². The summed E-state index contributed by atoms with van der Waals surface area (Å²) in [5, 5.41) is 21.1. The van der Waals surface area contributed by atoms with Gasteiger partial charge in [-0.15, -0.1) is 0 Å². The zero-order chi connectivity index (χ0) is 21.8. The monoisotopic (exact) mass is 419 g/mol. The zero-order valence-corrected chi connectivity index (χ0v) is 17.3. The molecule has 8 heteroatoms. The fourth-order valence-electron chi connectivity index (χ4n) is 4.34. The average molecular weight is 419 g/mol.